The van der Waals surface area contributed by atoms with E-state index in [1.54, 1.807) is 12.1 Å². The van der Waals surface area contributed by atoms with Crippen molar-refractivity contribution in [2.75, 3.05) is 19.7 Å². The van der Waals surface area contributed by atoms with Crippen molar-refractivity contribution >= 4 is 12.3 Å². The van der Waals surface area contributed by atoms with Crippen LogP contribution in [0.5, 0.6) is 0 Å². The van der Waals surface area contributed by atoms with Gasteiger partial charge in [-0.2, -0.15) is 5.26 Å². The Balaban J connectivity index is 1.67. The lowest BCUT2D eigenvalue weighted by Crippen LogP contribution is -2.39. The monoisotopic (exact) mass is 376 g/mol. The number of hydrogen-bond donors (Lipinski definition) is 0. The number of rotatable bonds is 6. The molecule has 28 heavy (non-hydrogen) atoms. The van der Waals surface area contributed by atoms with Gasteiger partial charge in [0.05, 0.1) is 30.2 Å². The van der Waals surface area contributed by atoms with Crippen molar-refractivity contribution in [2.45, 2.75) is 25.8 Å². The Kier molecular flexibility index (Phi) is 6.57. The molecule has 0 radical (unpaired) electrons. The molecule has 5 heteroatoms. The van der Waals surface area contributed by atoms with E-state index >= 15 is 0 Å². The molecule has 1 saturated heterocycles. The predicted octanol–water partition coefficient (Wildman–Crippen LogP) is 3.74. The van der Waals surface area contributed by atoms with Crippen LogP contribution in [0.3, 0.4) is 0 Å². The number of nitrogens with zero attached hydrogens (tertiary/aromatic N) is 2. The Labute approximate surface area is 165 Å². The molecule has 0 N–H and O–H groups in total. The van der Waals surface area contributed by atoms with Gasteiger partial charge >= 0.3 is 5.97 Å². The van der Waals surface area contributed by atoms with Gasteiger partial charge in [-0.1, -0.05) is 36.4 Å². The average Bonchev–Trinajstić information content (AvgIpc) is 2.75. The largest absolute Gasteiger partial charge is 0.466 e. The molecule has 0 spiro atoms. The normalized spacial score (nSPS) is 16.1. The van der Waals surface area contributed by atoms with Gasteiger partial charge in [-0.05, 0) is 61.7 Å². The number of ether oxygens (including phenoxy) is 1. The summed E-state index contributed by atoms with van der Waals surface area (Å²) in [6.07, 6.45) is 2.40. The lowest BCUT2D eigenvalue weighted by molar-refractivity contribution is -0.149. The van der Waals surface area contributed by atoms with E-state index in [-0.39, 0.29) is 17.9 Å². The van der Waals surface area contributed by atoms with E-state index in [0.717, 1.165) is 23.0 Å². The van der Waals surface area contributed by atoms with Gasteiger partial charge in [-0.25, -0.2) is 0 Å². The van der Waals surface area contributed by atoms with Crippen molar-refractivity contribution in [3.63, 3.8) is 0 Å². The van der Waals surface area contributed by atoms with Crippen LogP contribution < -0.4 is 0 Å². The van der Waals surface area contributed by atoms with E-state index < -0.39 is 0 Å². The first-order valence-electron chi connectivity index (χ1n) is 9.62. The third-order valence-corrected chi connectivity index (χ3v) is 5.27. The molecule has 144 valence electrons. The van der Waals surface area contributed by atoms with E-state index in [2.05, 4.69) is 11.0 Å². The molecule has 1 atom stereocenters. The highest BCUT2D eigenvalue weighted by atomic mass is 16.5. The molecular weight excluding hydrogens is 352 g/mol. The van der Waals surface area contributed by atoms with E-state index in [9.17, 15) is 9.59 Å². The Morgan fingerprint density at radius 2 is 1.71 bits per heavy atom. The zero-order chi connectivity index (χ0) is 19.9. The minimum atomic E-state index is -0.307. The summed E-state index contributed by atoms with van der Waals surface area (Å²) >= 11 is 0. The summed E-state index contributed by atoms with van der Waals surface area (Å²) in [5.41, 5.74) is 3.65. The van der Waals surface area contributed by atoms with Crippen molar-refractivity contribution in [3.05, 3.63) is 59.7 Å². The summed E-state index contributed by atoms with van der Waals surface area (Å²) in [4.78, 5) is 25.8. The van der Waals surface area contributed by atoms with Gasteiger partial charge in [0.15, 0.2) is 0 Å². The van der Waals surface area contributed by atoms with Gasteiger partial charge in [0.2, 0.25) is 0 Å². The van der Waals surface area contributed by atoms with Crippen LogP contribution in [0.4, 0.5) is 0 Å². The number of carbonyl (C=O) groups excluding carboxylic acids is 2. The number of hydrogen-bond acceptors (Lipinski definition) is 5. The first kappa shape index (κ1) is 19.8. The summed E-state index contributed by atoms with van der Waals surface area (Å²) in [6.45, 7) is 3.62. The third-order valence-electron chi connectivity index (χ3n) is 5.27. The Bertz CT molecular complexity index is 845. The topological polar surface area (TPSA) is 70.4 Å². The van der Waals surface area contributed by atoms with Crippen LogP contribution in [-0.4, -0.2) is 36.9 Å². The quantitative estimate of drug-likeness (QED) is 0.567. The zero-order valence-corrected chi connectivity index (χ0v) is 16.0. The first-order valence-corrected chi connectivity index (χ1v) is 9.62. The van der Waals surface area contributed by atoms with Crippen LogP contribution in [-0.2, 0) is 14.3 Å². The Morgan fingerprint density at radius 1 is 1.14 bits per heavy atom. The van der Waals surface area contributed by atoms with Crippen LogP contribution in [0, 0.1) is 17.2 Å². The molecule has 0 aromatic heterocycles. The maximum Gasteiger partial charge on any atom is 0.309 e. The van der Waals surface area contributed by atoms with Gasteiger partial charge in [0.25, 0.3) is 0 Å². The third kappa shape index (κ3) is 4.47. The van der Waals surface area contributed by atoms with E-state index in [1.165, 1.54) is 0 Å². The van der Waals surface area contributed by atoms with Crippen molar-refractivity contribution in [2.24, 2.45) is 5.92 Å². The maximum absolute atomic E-state index is 11.9. The smallest absolute Gasteiger partial charge is 0.309 e. The van der Waals surface area contributed by atoms with Gasteiger partial charge in [0, 0.05) is 0 Å². The number of nitriles is 1. The fourth-order valence-electron chi connectivity index (χ4n) is 3.66. The predicted molar refractivity (Wildman–Crippen MR) is 106 cm³/mol. The van der Waals surface area contributed by atoms with Crippen LogP contribution in [0.25, 0.3) is 11.1 Å². The minimum absolute atomic E-state index is 0.0674. The SMILES string of the molecule is CCOC(=O)C1CCN(C(C=O)c2ccc(-c3ccc(C#N)cc3)cc2)CC1. The van der Waals surface area contributed by atoms with Gasteiger partial charge in [-0.3, -0.25) is 9.69 Å². The van der Waals surface area contributed by atoms with Gasteiger partial charge in [-0.15, -0.1) is 0 Å². The molecule has 2 aromatic carbocycles. The maximum atomic E-state index is 11.9. The van der Waals surface area contributed by atoms with E-state index in [1.807, 2.05) is 43.3 Å². The summed E-state index contributed by atoms with van der Waals surface area (Å²) in [5, 5.41) is 8.91. The van der Waals surface area contributed by atoms with Crippen molar-refractivity contribution < 1.29 is 14.3 Å². The van der Waals surface area contributed by atoms with Crippen LogP contribution in [0.2, 0.25) is 0 Å². The number of carbonyl (C=O) groups is 2. The zero-order valence-electron chi connectivity index (χ0n) is 16.0. The number of esters is 1. The molecule has 5 nitrogen and oxygen atoms in total. The Morgan fingerprint density at radius 3 is 2.21 bits per heavy atom. The number of piperidine rings is 1. The fraction of sp³-hybridized carbons (Fsp3) is 0.348. The highest BCUT2D eigenvalue weighted by molar-refractivity contribution is 5.72. The standard InChI is InChI=1S/C23H24N2O3/c1-2-28-23(27)21-11-13-25(14-12-21)22(16-26)20-9-7-19(8-10-20)18-5-3-17(15-24)4-6-18/h3-10,16,21-22H,2,11-14H2,1H3. The molecule has 1 heterocycles. The van der Waals surface area contributed by atoms with Crippen molar-refractivity contribution in [1.29, 1.82) is 5.26 Å². The van der Waals surface area contributed by atoms with Crippen LogP contribution in [0.1, 0.15) is 36.9 Å². The molecule has 0 amide bonds. The highest BCUT2D eigenvalue weighted by Crippen LogP contribution is 2.28. The van der Waals surface area contributed by atoms with Crippen LogP contribution >= 0.6 is 0 Å². The number of likely N-dealkylation sites (tertiary alicyclic amines) is 1. The molecule has 1 aliphatic heterocycles. The summed E-state index contributed by atoms with van der Waals surface area (Å²) < 4.78 is 5.11. The molecule has 1 fully saturated rings. The van der Waals surface area contributed by atoms with Crippen molar-refractivity contribution in [3.8, 4) is 17.2 Å². The van der Waals surface area contributed by atoms with Crippen molar-refractivity contribution in [1.82, 2.24) is 4.90 Å². The second-order valence-electron chi connectivity index (χ2n) is 6.95. The molecule has 2 aromatic rings. The molecule has 0 saturated carbocycles. The van der Waals surface area contributed by atoms with E-state index in [0.29, 0.717) is 38.1 Å². The summed E-state index contributed by atoms with van der Waals surface area (Å²) in [5.74, 6) is -0.196. The minimum Gasteiger partial charge on any atom is -0.466 e. The molecule has 1 unspecified atom stereocenters. The average molecular weight is 376 g/mol. The molecule has 1 aliphatic rings. The molecular formula is C23H24N2O3. The lowest BCUT2D eigenvalue weighted by atomic mass is 9.94. The lowest BCUT2D eigenvalue weighted by Gasteiger charge is -2.34. The van der Waals surface area contributed by atoms with Gasteiger partial charge in [0.1, 0.15) is 6.29 Å². The number of benzene rings is 2. The molecule has 0 bridgehead atoms. The number of aldehydes is 1. The Hall–Kier alpha value is -2.97. The molecule has 3 rings (SSSR count). The second kappa shape index (κ2) is 9.29. The summed E-state index contributed by atoms with van der Waals surface area (Å²) in [6, 6.07) is 17.2. The second-order valence-corrected chi connectivity index (χ2v) is 6.95. The first-order chi connectivity index (χ1) is 13.7. The van der Waals surface area contributed by atoms with E-state index in [4.69, 9.17) is 10.00 Å². The highest BCUT2D eigenvalue weighted by Gasteiger charge is 2.30. The van der Waals surface area contributed by atoms with Crippen LogP contribution in [0.15, 0.2) is 48.5 Å². The molecule has 0 aliphatic carbocycles. The van der Waals surface area contributed by atoms with Gasteiger partial charge < -0.3 is 9.53 Å². The fourth-order valence-corrected chi connectivity index (χ4v) is 3.66. The summed E-state index contributed by atoms with van der Waals surface area (Å²) in [7, 11) is 0.